The Morgan fingerprint density at radius 2 is 1.68 bits per heavy atom. The van der Waals surface area contributed by atoms with Crippen LogP contribution >= 0.6 is 24.8 Å². The van der Waals surface area contributed by atoms with Crippen molar-refractivity contribution in [3.05, 3.63) is 0 Å². The number of hydrogen-bond donors (Lipinski definition) is 2. The number of carbonyl (C=O) groups excluding carboxylic acids is 1. The molecule has 1 fully saturated rings. The molecule has 0 aliphatic carbocycles. The summed E-state index contributed by atoms with van der Waals surface area (Å²) in [6.45, 7) is 4.99. The van der Waals surface area contributed by atoms with Crippen molar-refractivity contribution in [1.29, 1.82) is 0 Å². The Morgan fingerprint density at radius 1 is 1.05 bits per heavy atom. The molecule has 1 aliphatic heterocycles. The summed E-state index contributed by atoms with van der Waals surface area (Å²) < 4.78 is 0. The molecule has 0 atom stereocenters. The van der Waals surface area contributed by atoms with Crippen LogP contribution < -0.4 is 11.1 Å². The van der Waals surface area contributed by atoms with Crippen molar-refractivity contribution in [2.24, 2.45) is 5.73 Å². The van der Waals surface area contributed by atoms with Crippen LogP contribution in [-0.4, -0.2) is 43.5 Å². The van der Waals surface area contributed by atoms with Gasteiger partial charge in [-0.25, -0.2) is 0 Å². The molecule has 0 spiro atoms. The van der Waals surface area contributed by atoms with Gasteiger partial charge in [-0.15, -0.1) is 24.8 Å². The van der Waals surface area contributed by atoms with Crippen LogP contribution in [0.5, 0.6) is 0 Å². The van der Waals surface area contributed by atoms with Crippen LogP contribution in [0, 0.1) is 0 Å². The number of rotatable bonds is 9. The highest BCUT2D eigenvalue weighted by Crippen LogP contribution is 2.05. The zero-order chi connectivity index (χ0) is 12.3. The predicted molar refractivity (Wildman–Crippen MR) is 85.3 cm³/mol. The first-order chi connectivity index (χ1) is 8.33. The van der Waals surface area contributed by atoms with Gasteiger partial charge in [0.05, 0.1) is 0 Å². The fourth-order valence-corrected chi connectivity index (χ4v) is 2.23. The second-order valence-corrected chi connectivity index (χ2v) is 4.85. The lowest BCUT2D eigenvalue weighted by atomic mass is 10.1. The van der Waals surface area contributed by atoms with Crippen molar-refractivity contribution in [2.45, 2.75) is 44.9 Å². The Bertz CT molecular complexity index is 212. The normalized spacial score (nSPS) is 14.6. The standard InChI is InChI=1S/C13H27N3O.2ClH/c14-8-4-2-1-3-7-13(17)15-9-12-16-10-5-6-11-16;;/h1-12,14H2,(H,15,17);2*1H. The highest BCUT2D eigenvalue weighted by Gasteiger charge is 2.10. The van der Waals surface area contributed by atoms with E-state index in [1.54, 1.807) is 0 Å². The van der Waals surface area contributed by atoms with Crippen LogP contribution in [0.4, 0.5) is 0 Å². The molecule has 0 radical (unpaired) electrons. The van der Waals surface area contributed by atoms with Crippen molar-refractivity contribution in [1.82, 2.24) is 10.2 Å². The maximum absolute atomic E-state index is 11.5. The number of amides is 1. The van der Waals surface area contributed by atoms with Gasteiger partial charge in [-0.3, -0.25) is 4.79 Å². The maximum atomic E-state index is 11.5. The molecule has 1 rings (SSSR count). The summed E-state index contributed by atoms with van der Waals surface area (Å²) in [4.78, 5) is 13.9. The SMILES string of the molecule is Cl.Cl.NCCCCCCC(=O)NCCN1CCCC1. The average molecular weight is 314 g/mol. The Kier molecular flexibility index (Phi) is 16.1. The van der Waals surface area contributed by atoms with Crippen molar-refractivity contribution >= 4 is 30.7 Å². The fraction of sp³-hybridized carbons (Fsp3) is 0.923. The Labute approximate surface area is 129 Å². The van der Waals surface area contributed by atoms with Crippen molar-refractivity contribution in [3.8, 4) is 0 Å². The van der Waals surface area contributed by atoms with E-state index in [1.165, 1.54) is 25.9 Å². The van der Waals surface area contributed by atoms with Crippen LogP contribution in [0.2, 0.25) is 0 Å². The molecule has 1 heterocycles. The monoisotopic (exact) mass is 313 g/mol. The largest absolute Gasteiger partial charge is 0.355 e. The van der Waals surface area contributed by atoms with Gasteiger partial charge in [-0.05, 0) is 45.3 Å². The van der Waals surface area contributed by atoms with E-state index in [9.17, 15) is 4.79 Å². The van der Waals surface area contributed by atoms with Crippen LogP contribution in [0.3, 0.4) is 0 Å². The molecule has 1 amide bonds. The number of likely N-dealkylation sites (tertiary alicyclic amines) is 1. The van der Waals surface area contributed by atoms with Gasteiger partial charge >= 0.3 is 0 Å². The molecule has 1 aliphatic rings. The molecule has 6 heteroatoms. The summed E-state index contributed by atoms with van der Waals surface area (Å²) in [7, 11) is 0. The first-order valence-corrected chi connectivity index (χ1v) is 7.02. The predicted octanol–water partition coefficient (Wildman–Crippen LogP) is 1.95. The molecular formula is C13H29Cl2N3O. The van der Waals surface area contributed by atoms with E-state index in [-0.39, 0.29) is 30.7 Å². The highest BCUT2D eigenvalue weighted by molar-refractivity contribution is 5.85. The smallest absolute Gasteiger partial charge is 0.220 e. The lowest BCUT2D eigenvalue weighted by molar-refractivity contribution is -0.121. The zero-order valence-corrected chi connectivity index (χ0v) is 13.4. The molecule has 0 bridgehead atoms. The Morgan fingerprint density at radius 3 is 2.32 bits per heavy atom. The minimum Gasteiger partial charge on any atom is -0.355 e. The molecule has 0 unspecified atom stereocenters. The first kappa shape index (κ1) is 21.3. The fourth-order valence-electron chi connectivity index (χ4n) is 2.23. The Balaban J connectivity index is 0. The summed E-state index contributed by atoms with van der Waals surface area (Å²) in [5, 5.41) is 3.00. The highest BCUT2D eigenvalue weighted by atomic mass is 35.5. The van der Waals surface area contributed by atoms with Gasteiger partial charge in [-0.2, -0.15) is 0 Å². The van der Waals surface area contributed by atoms with Crippen molar-refractivity contribution < 1.29 is 4.79 Å². The van der Waals surface area contributed by atoms with E-state index in [1.807, 2.05) is 0 Å². The maximum Gasteiger partial charge on any atom is 0.220 e. The third-order valence-corrected chi connectivity index (χ3v) is 3.31. The first-order valence-electron chi connectivity index (χ1n) is 7.02. The summed E-state index contributed by atoms with van der Waals surface area (Å²) >= 11 is 0. The van der Waals surface area contributed by atoms with Crippen LogP contribution in [0.25, 0.3) is 0 Å². The van der Waals surface area contributed by atoms with E-state index in [2.05, 4.69) is 10.2 Å². The van der Waals surface area contributed by atoms with E-state index < -0.39 is 0 Å². The van der Waals surface area contributed by atoms with Crippen molar-refractivity contribution in [2.75, 3.05) is 32.7 Å². The van der Waals surface area contributed by atoms with Crippen LogP contribution in [0.1, 0.15) is 44.9 Å². The summed E-state index contributed by atoms with van der Waals surface area (Å²) in [5.41, 5.74) is 5.41. The quantitative estimate of drug-likeness (QED) is 0.640. The van der Waals surface area contributed by atoms with E-state index in [0.717, 1.165) is 45.3 Å². The molecule has 0 aromatic rings. The minimum absolute atomic E-state index is 0. The van der Waals surface area contributed by atoms with Gasteiger partial charge in [0.1, 0.15) is 0 Å². The van der Waals surface area contributed by atoms with Gasteiger partial charge in [0.2, 0.25) is 5.91 Å². The van der Waals surface area contributed by atoms with Crippen LogP contribution in [0.15, 0.2) is 0 Å². The van der Waals surface area contributed by atoms with Crippen molar-refractivity contribution in [3.63, 3.8) is 0 Å². The van der Waals surface area contributed by atoms with E-state index >= 15 is 0 Å². The number of nitrogens with two attached hydrogens (primary N) is 1. The third-order valence-electron chi connectivity index (χ3n) is 3.31. The second kappa shape index (κ2) is 14.4. The minimum atomic E-state index is 0. The molecular weight excluding hydrogens is 285 g/mol. The van der Waals surface area contributed by atoms with Gasteiger partial charge < -0.3 is 16.0 Å². The average Bonchev–Trinajstić information content (AvgIpc) is 2.82. The topological polar surface area (TPSA) is 58.4 Å². The zero-order valence-electron chi connectivity index (χ0n) is 11.7. The number of unbranched alkanes of at least 4 members (excludes halogenated alkanes) is 3. The summed E-state index contributed by atoms with van der Waals surface area (Å²) in [6, 6.07) is 0. The number of hydrogen-bond acceptors (Lipinski definition) is 3. The van der Waals surface area contributed by atoms with Gasteiger partial charge in [-0.1, -0.05) is 12.8 Å². The van der Waals surface area contributed by atoms with Gasteiger partial charge in [0, 0.05) is 19.5 Å². The summed E-state index contributed by atoms with van der Waals surface area (Å²) in [6.07, 6.45) is 7.65. The number of halogens is 2. The number of nitrogens with one attached hydrogen (secondary N) is 1. The Hall–Kier alpha value is -0.0300. The lowest BCUT2D eigenvalue weighted by Gasteiger charge is -2.14. The molecule has 116 valence electrons. The lowest BCUT2D eigenvalue weighted by Crippen LogP contribution is -2.33. The summed E-state index contributed by atoms with van der Waals surface area (Å²) in [5.74, 6) is 0.206. The molecule has 0 aromatic heterocycles. The van der Waals surface area contributed by atoms with Gasteiger partial charge in [0.15, 0.2) is 0 Å². The molecule has 3 N–H and O–H groups in total. The number of carbonyl (C=O) groups is 1. The van der Waals surface area contributed by atoms with E-state index in [4.69, 9.17) is 5.73 Å². The molecule has 1 saturated heterocycles. The van der Waals surface area contributed by atoms with Gasteiger partial charge in [0.25, 0.3) is 0 Å². The molecule has 0 aromatic carbocycles. The molecule has 19 heavy (non-hydrogen) atoms. The van der Waals surface area contributed by atoms with Crippen LogP contribution in [-0.2, 0) is 4.79 Å². The second-order valence-electron chi connectivity index (χ2n) is 4.85. The third kappa shape index (κ3) is 11.5. The van der Waals surface area contributed by atoms with E-state index in [0.29, 0.717) is 6.42 Å². The molecule has 0 saturated carbocycles. The number of nitrogens with zero attached hydrogens (tertiary/aromatic N) is 1. The molecule has 4 nitrogen and oxygen atoms in total.